The zero-order chi connectivity index (χ0) is 20.1. The lowest BCUT2D eigenvalue weighted by Crippen LogP contribution is -2.35. The molecule has 0 bridgehead atoms. The molecule has 2 aliphatic heterocycles. The van der Waals surface area contributed by atoms with Gasteiger partial charge >= 0.3 is 0 Å². The summed E-state index contributed by atoms with van der Waals surface area (Å²) in [6, 6.07) is 5.81. The van der Waals surface area contributed by atoms with Crippen LogP contribution in [-0.4, -0.2) is 50.6 Å². The van der Waals surface area contributed by atoms with Crippen LogP contribution in [0.3, 0.4) is 0 Å². The number of hydrogen-bond donors (Lipinski definition) is 2. The van der Waals surface area contributed by atoms with Gasteiger partial charge in [-0.2, -0.15) is 0 Å². The summed E-state index contributed by atoms with van der Waals surface area (Å²) in [5.74, 6) is 0.720. The highest BCUT2D eigenvalue weighted by atomic mass is 32.2. The molecule has 2 N–H and O–H groups in total. The zero-order valence-corrected chi connectivity index (χ0v) is 16.7. The van der Waals surface area contributed by atoms with Crippen molar-refractivity contribution in [1.29, 1.82) is 0 Å². The minimum atomic E-state index is -0.383. The van der Waals surface area contributed by atoms with Crippen LogP contribution in [0.2, 0.25) is 0 Å². The summed E-state index contributed by atoms with van der Waals surface area (Å²) in [4.78, 5) is 38.6. The number of nitrogens with one attached hydrogen (secondary N) is 2. The highest BCUT2D eigenvalue weighted by Gasteiger charge is 2.25. The van der Waals surface area contributed by atoms with Crippen molar-refractivity contribution in [3.63, 3.8) is 0 Å². The van der Waals surface area contributed by atoms with E-state index in [1.54, 1.807) is 24.5 Å². The second-order valence-corrected chi connectivity index (χ2v) is 8.13. The number of piperidine rings is 1. The minimum absolute atomic E-state index is 0.348. The van der Waals surface area contributed by atoms with Gasteiger partial charge in [0.2, 0.25) is 5.95 Å². The Morgan fingerprint density at radius 1 is 1.24 bits per heavy atom. The van der Waals surface area contributed by atoms with Crippen LogP contribution in [0.15, 0.2) is 41.7 Å². The molecule has 2 amide bonds. The predicted octanol–water partition coefficient (Wildman–Crippen LogP) is 2.52. The normalized spacial score (nSPS) is 19.5. The van der Waals surface area contributed by atoms with Crippen LogP contribution >= 0.6 is 11.8 Å². The molecule has 0 radical (unpaired) electrons. The van der Waals surface area contributed by atoms with E-state index in [1.165, 1.54) is 5.56 Å². The molecule has 8 nitrogen and oxygen atoms in total. The predicted molar refractivity (Wildman–Crippen MR) is 112 cm³/mol. The standard InChI is InChI=1S/C20H22N6O2S/c27-18-17(29-20(28)25-18)10-16-3-7-22-19(24-16)23-12-14-4-8-26(9-5-14)13-15-2-1-6-21-11-15/h1-3,6-7,10-11,14H,4-5,8-9,12-13H2,(H,22,23,24)(H,25,27,28)/b17-10-. The van der Waals surface area contributed by atoms with E-state index in [4.69, 9.17) is 0 Å². The van der Waals surface area contributed by atoms with Gasteiger partial charge in [0.1, 0.15) is 0 Å². The molecule has 29 heavy (non-hydrogen) atoms. The number of likely N-dealkylation sites (tertiary alicyclic amines) is 1. The van der Waals surface area contributed by atoms with Crippen LogP contribution in [0.5, 0.6) is 0 Å². The number of thioether (sulfide) groups is 1. The molecule has 0 spiro atoms. The topological polar surface area (TPSA) is 100 Å². The van der Waals surface area contributed by atoms with Crippen LogP contribution < -0.4 is 10.6 Å². The Bertz CT molecular complexity index is 912. The maximum atomic E-state index is 11.7. The molecule has 0 aliphatic carbocycles. The Balaban J connectivity index is 1.26. The van der Waals surface area contributed by atoms with Crippen LogP contribution in [-0.2, 0) is 11.3 Å². The molecule has 0 atom stereocenters. The highest BCUT2D eigenvalue weighted by molar-refractivity contribution is 8.18. The summed E-state index contributed by atoms with van der Waals surface area (Å²) >= 11 is 0.883. The van der Waals surface area contributed by atoms with Gasteiger partial charge in [0.15, 0.2) is 0 Å². The number of anilines is 1. The fraction of sp³-hybridized carbons (Fsp3) is 0.350. The van der Waals surface area contributed by atoms with Gasteiger partial charge in [-0.3, -0.25) is 24.8 Å². The van der Waals surface area contributed by atoms with Crippen molar-refractivity contribution < 1.29 is 9.59 Å². The van der Waals surface area contributed by atoms with Crippen molar-refractivity contribution in [3.05, 3.63) is 53.0 Å². The van der Waals surface area contributed by atoms with Gasteiger partial charge in [0.05, 0.1) is 10.6 Å². The smallest absolute Gasteiger partial charge is 0.290 e. The van der Waals surface area contributed by atoms with E-state index in [2.05, 4.69) is 36.6 Å². The number of carbonyl (C=O) groups is 2. The molecule has 2 fully saturated rings. The summed E-state index contributed by atoms with van der Waals surface area (Å²) in [6.07, 6.45) is 9.23. The molecule has 4 rings (SSSR count). The van der Waals surface area contributed by atoms with Gasteiger partial charge in [-0.25, -0.2) is 9.97 Å². The van der Waals surface area contributed by atoms with E-state index in [9.17, 15) is 9.59 Å². The molecule has 9 heteroatoms. The molecule has 2 aromatic heterocycles. The Morgan fingerprint density at radius 3 is 2.83 bits per heavy atom. The number of aromatic nitrogens is 3. The molecule has 0 saturated carbocycles. The van der Waals surface area contributed by atoms with Crippen LogP contribution in [0.25, 0.3) is 6.08 Å². The van der Waals surface area contributed by atoms with Crippen molar-refractivity contribution in [3.8, 4) is 0 Å². The zero-order valence-electron chi connectivity index (χ0n) is 15.9. The summed E-state index contributed by atoms with van der Waals surface area (Å²) in [6.45, 7) is 3.89. The van der Waals surface area contributed by atoms with Crippen molar-refractivity contribution in [1.82, 2.24) is 25.2 Å². The summed E-state index contributed by atoms with van der Waals surface area (Å²) in [5.41, 5.74) is 1.85. The van der Waals surface area contributed by atoms with Crippen LogP contribution in [0.4, 0.5) is 10.7 Å². The third-order valence-corrected chi connectivity index (χ3v) is 5.79. The third kappa shape index (κ3) is 5.39. The van der Waals surface area contributed by atoms with E-state index in [1.807, 2.05) is 12.3 Å². The van der Waals surface area contributed by atoms with Gasteiger partial charge in [-0.05, 0) is 67.4 Å². The van der Waals surface area contributed by atoms with E-state index >= 15 is 0 Å². The first kappa shape index (κ1) is 19.5. The number of imide groups is 1. The number of rotatable bonds is 6. The number of hydrogen-bond acceptors (Lipinski definition) is 8. The van der Waals surface area contributed by atoms with Gasteiger partial charge in [0, 0.05) is 31.7 Å². The van der Waals surface area contributed by atoms with E-state index in [0.29, 0.717) is 22.5 Å². The Kier molecular flexibility index (Phi) is 6.16. The quantitative estimate of drug-likeness (QED) is 0.701. The van der Waals surface area contributed by atoms with Crippen molar-refractivity contribution in [2.24, 2.45) is 5.92 Å². The molecule has 2 saturated heterocycles. The average Bonchev–Trinajstić information content (AvgIpc) is 3.05. The first-order valence-corrected chi connectivity index (χ1v) is 10.4. The van der Waals surface area contributed by atoms with Crippen molar-refractivity contribution >= 4 is 34.9 Å². The third-order valence-electron chi connectivity index (χ3n) is 4.98. The Labute approximate surface area is 173 Å². The first-order chi connectivity index (χ1) is 14.2. The SMILES string of the molecule is O=C1NC(=O)/C(=C/c2ccnc(NCC3CCN(Cc4cccnc4)CC3)n2)S1. The van der Waals surface area contributed by atoms with E-state index in [-0.39, 0.29) is 11.1 Å². The number of amides is 2. The Hall–Kier alpha value is -2.78. The highest BCUT2D eigenvalue weighted by Crippen LogP contribution is 2.25. The summed E-state index contributed by atoms with van der Waals surface area (Å²) in [7, 11) is 0. The van der Waals surface area contributed by atoms with Crippen LogP contribution in [0.1, 0.15) is 24.1 Å². The lowest BCUT2D eigenvalue weighted by molar-refractivity contribution is -0.115. The maximum absolute atomic E-state index is 11.7. The molecule has 0 unspecified atom stereocenters. The second kappa shape index (κ2) is 9.15. The largest absolute Gasteiger partial charge is 0.354 e. The number of nitrogens with zero attached hydrogens (tertiary/aromatic N) is 4. The maximum Gasteiger partial charge on any atom is 0.290 e. The second-order valence-electron chi connectivity index (χ2n) is 7.12. The summed E-state index contributed by atoms with van der Waals surface area (Å²) < 4.78 is 0. The molecule has 150 valence electrons. The fourth-order valence-corrected chi connectivity index (χ4v) is 4.09. The lowest BCUT2D eigenvalue weighted by Gasteiger charge is -2.32. The van der Waals surface area contributed by atoms with Gasteiger partial charge in [-0.15, -0.1) is 0 Å². The molecular formula is C20H22N6O2S. The monoisotopic (exact) mass is 410 g/mol. The van der Waals surface area contributed by atoms with Gasteiger partial charge in [0.25, 0.3) is 11.1 Å². The summed E-state index contributed by atoms with van der Waals surface area (Å²) in [5, 5.41) is 5.19. The van der Waals surface area contributed by atoms with Gasteiger partial charge in [-0.1, -0.05) is 6.07 Å². The molecule has 0 aromatic carbocycles. The lowest BCUT2D eigenvalue weighted by atomic mass is 9.96. The Morgan fingerprint density at radius 2 is 2.10 bits per heavy atom. The molecule has 2 aliphatic rings. The molecule has 2 aromatic rings. The fourth-order valence-electron chi connectivity index (χ4n) is 3.43. The minimum Gasteiger partial charge on any atom is -0.354 e. The van der Waals surface area contributed by atoms with E-state index in [0.717, 1.165) is 50.8 Å². The van der Waals surface area contributed by atoms with Gasteiger partial charge < -0.3 is 5.32 Å². The average molecular weight is 411 g/mol. The van der Waals surface area contributed by atoms with E-state index < -0.39 is 0 Å². The number of pyridine rings is 1. The van der Waals surface area contributed by atoms with Crippen molar-refractivity contribution in [2.45, 2.75) is 19.4 Å². The van der Waals surface area contributed by atoms with Crippen molar-refractivity contribution in [2.75, 3.05) is 25.0 Å². The molecular weight excluding hydrogens is 388 g/mol. The molecule has 4 heterocycles. The number of carbonyl (C=O) groups excluding carboxylic acids is 2. The van der Waals surface area contributed by atoms with Crippen LogP contribution in [0, 0.1) is 5.92 Å². The first-order valence-electron chi connectivity index (χ1n) is 9.59.